The molecule has 1 fully saturated rings. The van der Waals surface area contributed by atoms with E-state index < -0.39 is 0 Å². The first-order chi connectivity index (χ1) is 13.0. The van der Waals surface area contributed by atoms with Gasteiger partial charge in [-0.2, -0.15) is 0 Å². The molecule has 0 spiro atoms. The van der Waals surface area contributed by atoms with E-state index in [0.717, 1.165) is 24.1 Å². The lowest BCUT2D eigenvalue weighted by Crippen LogP contribution is -2.26. The van der Waals surface area contributed by atoms with Crippen molar-refractivity contribution in [1.82, 2.24) is 5.32 Å². The van der Waals surface area contributed by atoms with Crippen molar-refractivity contribution in [2.24, 2.45) is 5.92 Å². The van der Waals surface area contributed by atoms with Crippen LogP contribution in [0.4, 0.5) is 10.1 Å². The molecule has 2 N–H and O–H groups in total. The highest BCUT2D eigenvalue weighted by Gasteiger charge is 2.29. The smallest absolute Gasteiger partial charge is 0.227 e. The maximum atomic E-state index is 13.6. The highest BCUT2D eigenvalue weighted by molar-refractivity contribution is 7.99. The zero-order valence-corrected chi connectivity index (χ0v) is 16.0. The SMILES string of the molecule is CC(NC(=O)CCSc1ccccc1F)c1ccc(NC(=O)C2CC2)cc1. The molecule has 3 rings (SSSR count). The van der Waals surface area contributed by atoms with E-state index in [2.05, 4.69) is 10.6 Å². The molecule has 27 heavy (non-hydrogen) atoms. The van der Waals surface area contributed by atoms with E-state index in [0.29, 0.717) is 17.1 Å². The van der Waals surface area contributed by atoms with E-state index in [1.165, 1.54) is 17.8 Å². The molecule has 0 saturated heterocycles. The Morgan fingerprint density at radius 3 is 2.52 bits per heavy atom. The zero-order valence-electron chi connectivity index (χ0n) is 15.2. The van der Waals surface area contributed by atoms with Gasteiger partial charge in [0.15, 0.2) is 0 Å². The maximum absolute atomic E-state index is 13.6. The van der Waals surface area contributed by atoms with Crippen LogP contribution in [0.25, 0.3) is 0 Å². The first kappa shape index (κ1) is 19.4. The maximum Gasteiger partial charge on any atom is 0.227 e. The third kappa shape index (κ3) is 5.82. The van der Waals surface area contributed by atoms with Gasteiger partial charge in [-0.25, -0.2) is 4.39 Å². The highest BCUT2D eigenvalue weighted by atomic mass is 32.2. The molecule has 0 aromatic heterocycles. The van der Waals surface area contributed by atoms with Crippen LogP contribution >= 0.6 is 11.8 Å². The molecule has 1 atom stereocenters. The lowest BCUT2D eigenvalue weighted by molar-refractivity contribution is -0.121. The molecule has 2 aromatic carbocycles. The summed E-state index contributed by atoms with van der Waals surface area (Å²) in [5.41, 5.74) is 1.74. The number of amides is 2. The Kier molecular flexibility index (Phi) is 6.50. The summed E-state index contributed by atoms with van der Waals surface area (Å²) in [5, 5.41) is 5.85. The summed E-state index contributed by atoms with van der Waals surface area (Å²) in [6.45, 7) is 1.92. The fraction of sp³-hybridized carbons (Fsp3) is 0.333. The molecule has 2 amide bonds. The summed E-state index contributed by atoms with van der Waals surface area (Å²) in [7, 11) is 0. The quantitative estimate of drug-likeness (QED) is 0.655. The van der Waals surface area contributed by atoms with E-state index in [-0.39, 0.29) is 29.6 Å². The van der Waals surface area contributed by atoms with Crippen LogP contribution in [-0.2, 0) is 9.59 Å². The van der Waals surface area contributed by atoms with Gasteiger partial charge in [0.25, 0.3) is 0 Å². The first-order valence-electron chi connectivity index (χ1n) is 9.10. The number of rotatable bonds is 8. The minimum atomic E-state index is -0.259. The van der Waals surface area contributed by atoms with Gasteiger partial charge in [-0.1, -0.05) is 24.3 Å². The van der Waals surface area contributed by atoms with E-state index in [1.54, 1.807) is 18.2 Å². The van der Waals surface area contributed by atoms with Crippen LogP contribution in [0.5, 0.6) is 0 Å². The third-order valence-corrected chi connectivity index (χ3v) is 5.48. The molecule has 1 unspecified atom stereocenters. The molecule has 0 aliphatic heterocycles. The van der Waals surface area contributed by atoms with Crippen molar-refractivity contribution in [2.45, 2.75) is 37.1 Å². The molecule has 1 aliphatic rings. The van der Waals surface area contributed by atoms with Gasteiger partial charge in [0.05, 0.1) is 6.04 Å². The Hall–Kier alpha value is -2.34. The Morgan fingerprint density at radius 1 is 1.15 bits per heavy atom. The first-order valence-corrected chi connectivity index (χ1v) is 10.1. The van der Waals surface area contributed by atoms with Gasteiger partial charge < -0.3 is 10.6 Å². The molecule has 0 heterocycles. The summed E-state index contributed by atoms with van der Waals surface area (Å²) in [4.78, 5) is 24.4. The predicted octanol–water partition coefficient (Wildman–Crippen LogP) is 4.53. The van der Waals surface area contributed by atoms with E-state index >= 15 is 0 Å². The van der Waals surface area contributed by atoms with Crippen molar-refractivity contribution >= 4 is 29.3 Å². The van der Waals surface area contributed by atoms with Gasteiger partial charge in [-0.3, -0.25) is 9.59 Å². The summed E-state index contributed by atoms with van der Waals surface area (Å²) >= 11 is 1.34. The number of nitrogens with one attached hydrogen (secondary N) is 2. The van der Waals surface area contributed by atoms with Crippen LogP contribution < -0.4 is 10.6 Å². The Balaban J connectivity index is 1.43. The van der Waals surface area contributed by atoms with Crippen molar-refractivity contribution in [1.29, 1.82) is 0 Å². The van der Waals surface area contributed by atoms with E-state index in [9.17, 15) is 14.0 Å². The number of carbonyl (C=O) groups is 2. The van der Waals surface area contributed by atoms with Crippen LogP contribution in [0.1, 0.15) is 37.8 Å². The summed E-state index contributed by atoms with van der Waals surface area (Å²) in [6.07, 6.45) is 2.27. The largest absolute Gasteiger partial charge is 0.350 e. The molecule has 1 saturated carbocycles. The van der Waals surface area contributed by atoms with Crippen LogP contribution in [0, 0.1) is 11.7 Å². The average molecular weight is 386 g/mol. The molecule has 6 heteroatoms. The molecule has 4 nitrogen and oxygen atoms in total. The molecule has 0 bridgehead atoms. The van der Waals surface area contributed by atoms with Crippen LogP contribution in [-0.4, -0.2) is 17.6 Å². The predicted molar refractivity (Wildman–Crippen MR) is 106 cm³/mol. The number of hydrogen-bond donors (Lipinski definition) is 2. The van der Waals surface area contributed by atoms with Gasteiger partial charge in [0.2, 0.25) is 11.8 Å². The van der Waals surface area contributed by atoms with Gasteiger partial charge in [0, 0.05) is 28.7 Å². The normalized spacial score (nSPS) is 14.4. The number of anilines is 1. The second-order valence-corrected chi connectivity index (χ2v) is 7.84. The molecular formula is C21H23FN2O2S. The van der Waals surface area contributed by atoms with E-state index in [1.807, 2.05) is 31.2 Å². The number of benzene rings is 2. The average Bonchev–Trinajstić information content (AvgIpc) is 3.49. The lowest BCUT2D eigenvalue weighted by Gasteiger charge is -2.15. The van der Waals surface area contributed by atoms with Gasteiger partial charge >= 0.3 is 0 Å². The number of carbonyl (C=O) groups excluding carboxylic acids is 2. The van der Waals surface area contributed by atoms with Gasteiger partial charge in [-0.05, 0) is 49.6 Å². The molecule has 142 valence electrons. The van der Waals surface area contributed by atoms with E-state index in [4.69, 9.17) is 0 Å². The number of thioether (sulfide) groups is 1. The minimum absolute atomic E-state index is 0.0718. The Labute approximate surface area is 162 Å². The summed E-state index contributed by atoms with van der Waals surface area (Å²) in [5.74, 6) is 0.440. The second-order valence-electron chi connectivity index (χ2n) is 6.70. The standard InChI is InChI=1S/C21H23FN2O2S/c1-14(15-8-10-17(11-9-15)24-21(26)16-6-7-16)23-20(25)12-13-27-19-5-3-2-4-18(19)22/h2-5,8-11,14,16H,6-7,12-13H2,1H3,(H,23,25)(H,24,26). The van der Waals surface area contributed by atoms with Crippen molar-refractivity contribution in [3.63, 3.8) is 0 Å². The number of hydrogen-bond acceptors (Lipinski definition) is 3. The second kappa shape index (κ2) is 9.04. The lowest BCUT2D eigenvalue weighted by atomic mass is 10.1. The fourth-order valence-electron chi connectivity index (χ4n) is 2.66. The van der Waals surface area contributed by atoms with Crippen molar-refractivity contribution in [3.05, 3.63) is 59.9 Å². The number of halogens is 1. The molecular weight excluding hydrogens is 363 g/mol. The van der Waals surface area contributed by atoms with Crippen molar-refractivity contribution in [3.8, 4) is 0 Å². The van der Waals surface area contributed by atoms with Crippen LogP contribution in [0.15, 0.2) is 53.4 Å². The highest BCUT2D eigenvalue weighted by Crippen LogP contribution is 2.30. The summed E-state index contributed by atoms with van der Waals surface area (Å²) < 4.78 is 13.6. The Morgan fingerprint density at radius 2 is 1.85 bits per heavy atom. The van der Waals surface area contributed by atoms with Crippen LogP contribution in [0.3, 0.4) is 0 Å². The van der Waals surface area contributed by atoms with Crippen LogP contribution in [0.2, 0.25) is 0 Å². The van der Waals surface area contributed by atoms with Gasteiger partial charge in [0.1, 0.15) is 5.82 Å². The van der Waals surface area contributed by atoms with Crippen molar-refractivity contribution in [2.75, 3.05) is 11.1 Å². The molecule has 1 aliphatic carbocycles. The molecule has 0 radical (unpaired) electrons. The monoisotopic (exact) mass is 386 g/mol. The molecule has 2 aromatic rings. The fourth-order valence-corrected chi connectivity index (χ4v) is 3.55. The van der Waals surface area contributed by atoms with Crippen molar-refractivity contribution < 1.29 is 14.0 Å². The minimum Gasteiger partial charge on any atom is -0.350 e. The zero-order chi connectivity index (χ0) is 19.2. The topological polar surface area (TPSA) is 58.2 Å². The third-order valence-electron chi connectivity index (χ3n) is 4.43. The van der Waals surface area contributed by atoms with Gasteiger partial charge in [-0.15, -0.1) is 11.8 Å². The Bertz CT molecular complexity index is 806. The summed E-state index contributed by atoms with van der Waals surface area (Å²) in [6, 6.07) is 13.9.